The minimum atomic E-state index is -0.915. The summed E-state index contributed by atoms with van der Waals surface area (Å²) < 4.78 is 1.93. The molecule has 0 fully saturated rings. The first kappa shape index (κ1) is 12.2. The summed E-state index contributed by atoms with van der Waals surface area (Å²) in [5, 5.41) is 10.4. The molecule has 0 saturated heterocycles. The molecule has 1 aromatic carbocycles. The lowest BCUT2D eigenvalue weighted by molar-refractivity contribution is 0.0702. The van der Waals surface area contributed by atoms with Crippen LogP contribution in [0, 0.1) is 6.92 Å². The van der Waals surface area contributed by atoms with Crippen molar-refractivity contribution in [3.63, 3.8) is 0 Å². The van der Waals surface area contributed by atoms with Gasteiger partial charge in [-0.3, -0.25) is 4.57 Å². The number of rotatable bonds is 2. The van der Waals surface area contributed by atoms with Crippen LogP contribution in [0.5, 0.6) is 0 Å². The van der Waals surface area contributed by atoms with Crippen molar-refractivity contribution < 1.29 is 9.90 Å². The summed E-state index contributed by atoms with van der Waals surface area (Å²) in [6.07, 6.45) is 0. The van der Waals surface area contributed by atoms with Crippen molar-refractivity contribution in [2.45, 2.75) is 6.92 Å². The molecule has 19 heavy (non-hydrogen) atoms. The molecule has 0 aliphatic heterocycles. The smallest absolute Gasteiger partial charge is 0.345 e. The monoisotopic (exact) mass is 292 g/mol. The summed E-state index contributed by atoms with van der Waals surface area (Å²) in [6.45, 7) is 1.88. The second-order valence-electron chi connectivity index (χ2n) is 4.07. The third-order valence-electron chi connectivity index (χ3n) is 2.81. The maximum Gasteiger partial charge on any atom is 0.345 e. The van der Waals surface area contributed by atoms with E-state index in [2.05, 4.69) is 4.98 Å². The quantitative estimate of drug-likeness (QED) is 0.782. The van der Waals surface area contributed by atoms with Crippen LogP contribution in [0.1, 0.15) is 15.5 Å². The maximum atomic E-state index is 10.9. The molecule has 3 aromatic rings. The standard InChI is InChI=1S/C13H9ClN2O2S/c1-7-15-9-6-8(14)2-3-10(9)16(7)12-5-4-11(19-12)13(17)18/h2-6H,1H3,(H,17,18). The number of fused-ring (bicyclic) bond motifs is 1. The molecule has 0 aliphatic carbocycles. The Bertz CT molecular complexity index is 791. The number of halogens is 1. The molecule has 0 radical (unpaired) electrons. The third kappa shape index (κ3) is 2.01. The van der Waals surface area contributed by atoms with Gasteiger partial charge in [0.1, 0.15) is 15.7 Å². The lowest BCUT2D eigenvalue weighted by Gasteiger charge is -2.02. The van der Waals surface area contributed by atoms with E-state index in [0.717, 1.165) is 21.9 Å². The first-order valence-electron chi connectivity index (χ1n) is 5.54. The van der Waals surface area contributed by atoms with Gasteiger partial charge in [-0.2, -0.15) is 0 Å². The molecule has 0 atom stereocenters. The summed E-state index contributed by atoms with van der Waals surface area (Å²) in [5.41, 5.74) is 1.72. The fourth-order valence-corrected chi connectivity index (χ4v) is 3.09. The zero-order valence-electron chi connectivity index (χ0n) is 9.92. The Hall–Kier alpha value is -1.85. The van der Waals surface area contributed by atoms with E-state index in [1.165, 1.54) is 11.3 Å². The van der Waals surface area contributed by atoms with E-state index in [1.807, 2.05) is 17.6 Å². The molecule has 0 aliphatic rings. The van der Waals surface area contributed by atoms with Crippen LogP contribution in [0.3, 0.4) is 0 Å². The van der Waals surface area contributed by atoms with Crippen LogP contribution in [0.15, 0.2) is 30.3 Å². The summed E-state index contributed by atoms with van der Waals surface area (Å²) in [4.78, 5) is 15.7. The zero-order valence-corrected chi connectivity index (χ0v) is 11.5. The highest BCUT2D eigenvalue weighted by Crippen LogP contribution is 2.28. The highest BCUT2D eigenvalue weighted by atomic mass is 35.5. The van der Waals surface area contributed by atoms with Gasteiger partial charge >= 0.3 is 5.97 Å². The maximum absolute atomic E-state index is 10.9. The number of aryl methyl sites for hydroxylation is 1. The van der Waals surface area contributed by atoms with Gasteiger partial charge in [-0.05, 0) is 37.3 Å². The number of carboxylic acid groups (broad SMARTS) is 1. The summed E-state index contributed by atoms with van der Waals surface area (Å²) in [6, 6.07) is 8.87. The number of aromatic nitrogens is 2. The predicted octanol–water partition coefficient (Wildman–Crippen LogP) is 3.75. The molecule has 0 unspecified atom stereocenters. The first-order valence-corrected chi connectivity index (χ1v) is 6.74. The molecule has 1 N–H and O–H groups in total. The number of benzene rings is 1. The number of imidazole rings is 1. The lowest BCUT2D eigenvalue weighted by Crippen LogP contribution is -1.93. The number of thiophene rings is 1. The summed E-state index contributed by atoms with van der Waals surface area (Å²) in [7, 11) is 0. The van der Waals surface area contributed by atoms with Gasteiger partial charge in [0, 0.05) is 5.02 Å². The molecule has 6 heteroatoms. The van der Waals surface area contributed by atoms with Crippen molar-refractivity contribution in [2.24, 2.45) is 0 Å². The van der Waals surface area contributed by atoms with E-state index in [9.17, 15) is 4.79 Å². The van der Waals surface area contributed by atoms with Crippen LogP contribution in [-0.4, -0.2) is 20.6 Å². The second kappa shape index (κ2) is 4.36. The van der Waals surface area contributed by atoms with Crippen molar-refractivity contribution >= 4 is 39.9 Å². The molecule has 2 aromatic heterocycles. The Labute approximate surface area is 117 Å². The fraction of sp³-hybridized carbons (Fsp3) is 0.0769. The van der Waals surface area contributed by atoms with Gasteiger partial charge in [0.2, 0.25) is 0 Å². The Kier molecular flexibility index (Phi) is 2.80. The molecule has 0 bridgehead atoms. The number of carboxylic acids is 1. The number of hydrogen-bond donors (Lipinski definition) is 1. The van der Waals surface area contributed by atoms with Crippen molar-refractivity contribution in [1.82, 2.24) is 9.55 Å². The number of aromatic carboxylic acids is 1. The van der Waals surface area contributed by atoms with Gasteiger partial charge in [-0.1, -0.05) is 11.6 Å². The van der Waals surface area contributed by atoms with Crippen LogP contribution in [-0.2, 0) is 0 Å². The van der Waals surface area contributed by atoms with Crippen LogP contribution in [0.4, 0.5) is 0 Å². The van der Waals surface area contributed by atoms with Crippen LogP contribution in [0.2, 0.25) is 5.02 Å². The normalized spacial score (nSPS) is 11.1. The molecular weight excluding hydrogens is 284 g/mol. The molecule has 0 amide bonds. The highest BCUT2D eigenvalue weighted by molar-refractivity contribution is 7.16. The first-order chi connectivity index (χ1) is 9.06. The van der Waals surface area contributed by atoms with Crippen molar-refractivity contribution in [3.8, 4) is 5.00 Å². The largest absolute Gasteiger partial charge is 0.477 e. The Morgan fingerprint density at radius 1 is 1.37 bits per heavy atom. The highest BCUT2D eigenvalue weighted by Gasteiger charge is 2.13. The number of nitrogens with zero attached hydrogens (tertiary/aromatic N) is 2. The molecular formula is C13H9ClN2O2S. The van der Waals surface area contributed by atoms with Crippen LogP contribution < -0.4 is 0 Å². The molecule has 4 nitrogen and oxygen atoms in total. The molecule has 0 spiro atoms. The van der Waals surface area contributed by atoms with Crippen molar-refractivity contribution in [3.05, 3.63) is 46.1 Å². The molecule has 96 valence electrons. The van der Waals surface area contributed by atoms with Gasteiger partial charge in [-0.25, -0.2) is 9.78 Å². The van der Waals surface area contributed by atoms with Gasteiger partial charge in [0.15, 0.2) is 0 Å². The topological polar surface area (TPSA) is 55.1 Å². The Balaban J connectivity index is 2.23. The van der Waals surface area contributed by atoms with Crippen LogP contribution in [0.25, 0.3) is 16.0 Å². The summed E-state index contributed by atoms with van der Waals surface area (Å²) >= 11 is 7.17. The fourth-order valence-electron chi connectivity index (χ4n) is 2.01. The Morgan fingerprint density at radius 3 is 2.84 bits per heavy atom. The van der Waals surface area contributed by atoms with Gasteiger partial charge < -0.3 is 5.11 Å². The van der Waals surface area contributed by atoms with Gasteiger partial charge in [-0.15, -0.1) is 11.3 Å². The van der Waals surface area contributed by atoms with E-state index in [4.69, 9.17) is 16.7 Å². The minimum Gasteiger partial charge on any atom is -0.477 e. The molecule has 3 rings (SSSR count). The van der Waals surface area contributed by atoms with Crippen LogP contribution >= 0.6 is 22.9 Å². The zero-order chi connectivity index (χ0) is 13.6. The lowest BCUT2D eigenvalue weighted by atomic mass is 10.3. The SMILES string of the molecule is Cc1nc2cc(Cl)ccc2n1-c1ccc(C(=O)O)s1. The predicted molar refractivity (Wildman–Crippen MR) is 75.7 cm³/mol. The average Bonchev–Trinajstić information content (AvgIpc) is 2.91. The van der Waals surface area contributed by atoms with Crippen molar-refractivity contribution in [1.29, 1.82) is 0 Å². The number of carbonyl (C=O) groups is 1. The second-order valence-corrected chi connectivity index (χ2v) is 5.57. The Morgan fingerprint density at radius 2 is 2.16 bits per heavy atom. The van der Waals surface area contributed by atoms with Gasteiger partial charge in [0.05, 0.1) is 11.0 Å². The van der Waals surface area contributed by atoms with E-state index in [1.54, 1.807) is 24.3 Å². The minimum absolute atomic E-state index is 0.310. The molecule has 0 saturated carbocycles. The van der Waals surface area contributed by atoms with E-state index in [0.29, 0.717) is 9.90 Å². The molecule has 2 heterocycles. The summed E-state index contributed by atoms with van der Waals surface area (Å²) in [5.74, 6) is -0.113. The van der Waals surface area contributed by atoms with E-state index < -0.39 is 5.97 Å². The average molecular weight is 293 g/mol. The number of hydrogen-bond acceptors (Lipinski definition) is 3. The van der Waals surface area contributed by atoms with E-state index in [-0.39, 0.29) is 0 Å². The van der Waals surface area contributed by atoms with E-state index >= 15 is 0 Å². The van der Waals surface area contributed by atoms with Crippen molar-refractivity contribution in [2.75, 3.05) is 0 Å². The third-order valence-corrected chi connectivity index (χ3v) is 4.10. The van der Waals surface area contributed by atoms with Gasteiger partial charge in [0.25, 0.3) is 0 Å².